The molecule has 0 fully saturated rings. The summed E-state index contributed by atoms with van der Waals surface area (Å²) < 4.78 is 24.4. The summed E-state index contributed by atoms with van der Waals surface area (Å²) in [6, 6.07) is 9.80. The van der Waals surface area contributed by atoms with E-state index in [1.807, 2.05) is 17.0 Å². The highest BCUT2D eigenvalue weighted by atomic mass is 19.1. The van der Waals surface area contributed by atoms with Crippen LogP contribution in [-0.4, -0.2) is 38.2 Å². The Morgan fingerprint density at radius 2 is 1.86 bits per heavy atom. The number of nitrogens with zero attached hydrogens (tertiary/aromatic N) is 1. The molecular weight excluding hydrogens is 359 g/mol. The largest absolute Gasteiger partial charge is 0.493 e. The van der Waals surface area contributed by atoms with Crippen molar-refractivity contribution in [1.29, 1.82) is 0 Å². The molecule has 1 heterocycles. The molecule has 0 aliphatic carbocycles. The van der Waals surface area contributed by atoms with E-state index in [2.05, 4.69) is 12.2 Å². The summed E-state index contributed by atoms with van der Waals surface area (Å²) in [7, 11) is 3.20. The lowest BCUT2D eigenvalue weighted by Gasteiger charge is -2.38. The zero-order valence-electron chi connectivity index (χ0n) is 16.6. The normalized spacial score (nSPS) is 15.7. The van der Waals surface area contributed by atoms with E-state index in [-0.39, 0.29) is 17.9 Å². The Kier molecular flexibility index (Phi) is 6.39. The Morgan fingerprint density at radius 3 is 2.50 bits per heavy atom. The zero-order chi connectivity index (χ0) is 20.1. The average molecular weight is 386 g/mol. The summed E-state index contributed by atoms with van der Waals surface area (Å²) in [5.41, 5.74) is 2.94. The molecule has 0 saturated heterocycles. The van der Waals surface area contributed by atoms with E-state index >= 15 is 0 Å². The van der Waals surface area contributed by atoms with E-state index in [0.29, 0.717) is 31.0 Å². The molecule has 0 spiro atoms. The fourth-order valence-corrected chi connectivity index (χ4v) is 3.64. The van der Waals surface area contributed by atoms with Gasteiger partial charge in [0, 0.05) is 13.1 Å². The Labute approximate surface area is 165 Å². The van der Waals surface area contributed by atoms with Crippen molar-refractivity contribution < 1.29 is 18.7 Å². The van der Waals surface area contributed by atoms with Crippen LogP contribution in [0.3, 0.4) is 0 Å². The van der Waals surface area contributed by atoms with Gasteiger partial charge in [-0.15, -0.1) is 0 Å². The maximum absolute atomic E-state index is 13.5. The second kappa shape index (κ2) is 8.95. The van der Waals surface area contributed by atoms with Crippen LogP contribution in [0.15, 0.2) is 36.4 Å². The van der Waals surface area contributed by atoms with Gasteiger partial charge in [0.2, 0.25) is 0 Å². The summed E-state index contributed by atoms with van der Waals surface area (Å²) >= 11 is 0. The number of methoxy groups -OCH3 is 2. The molecule has 5 nitrogen and oxygen atoms in total. The van der Waals surface area contributed by atoms with Crippen molar-refractivity contribution in [2.24, 2.45) is 0 Å². The fraction of sp³-hybridized carbons (Fsp3) is 0.409. The molecule has 1 atom stereocenters. The van der Waals surface area contributed by atoms with Crippen LogP contribution in [0.5, 0.6) is 11.5 Å². The van der Waals surface area contributed by atoms with E-state index in [0.717, 1.165) is 29.5 Å². The van der Waals surface area contributed by atoms with Crippen LogP contribution < -0.4 is 14.8 Å². The quantitative estimate of drug-likeness (QED) is 0.753. The number of urea groups is 1. The lowest BCUT2D eigenvalue weighted by atomic mass is 9.88. The smallest absolute Gasteiger partial charge is 0.318 e. The fourth-order valence-electron chi connectivity index (χ4n) is 3.64. The summed E-state index contributed by atoms with van der Waals surface area (Å²) in [5.74, 6) is 0.979. The number of fused-ring (bicyclic) bond motifs is 1. The van der Waals surface area contributed by atoms with Gasteiger partial charge in [0.25, 0.3) is 0 Å². The summed E-state index contributed by atoms with van der Waals surface area (Å²) in [4.78, 5) is 14.7. The number of unbranched alkanes of at least 4 members (excludes halogenated alkanes) is 1. The lowest BCUT2D eigenvalue weighted by molar-refractivity contribution is 0.179. The van der Waals surface area contributed by atoms with Crippen molar-refractivity contribution in [1.82, 2.24) is 10.2 Å². The van der Waals surface area contributed by atoms with Crippen LogP contribution in [0.2, 0.25) is 0 Å². The van der Waals surface area contributed by atoms with Gasteiger partial charge in [0.15, 0.2) is 11.5 Å². The van der Waals surface area contributed by atoms with Crippen molar-refractivity contribution in [3.05, 3.63) is 58.9 Å². The van der Waals surface area contributed by atoms with Crippen LogP contribution in [0, 0.1) is 5.82 Å². The van der Waals surface area contributed by atoms with Crippen LogP contribution in [0.25, 0.3) is 0 Å². The van der Waals surface area contributed by atoms with Gasteiger partial charge in [-0.05, 0) is 53.8 Å². The number of carbonyl (C=O) groups excluding carboxylic acids is 1. The third kappa shape index (κ3) is 4.06. The third-order valence-corrected chi connectivity index (χ3v) is 5.13. The number of hydrogen-bond donors (Lipinski definition) is 1. The summed E-state index contributed by atoms with van der Waals surface area (Å²) in [5, 5.41) is 3.00. The monoisotopic (exact) mass is 386 g/mol. The van der Waals surface area contributed by atoms with Gasteiger partial charge in [0.05, 0.1) is 20.3 Å². The molecule has 3 rings (SSSR count). The van der Waals surface area contributed by atoms with Gasteiger partial charge in [-0.25, -0.2) is 9.18 Å². The molecule has 0 aromatic heterocycles. The first-order valence-electron chi connectivity index (χ1n) is 9.63. The number of amides is 2. The highest BCUT2D eigenvalue weighted by Gasteiger charge is 2.33. The standard InChI is InChI=1S/C22H27FN2O3/c1-4-5-11-24-22(26)25-12-10-16-13-19(27-2)20(28-3)14-18(16)21(25)15-6-8-17(23)9-7-15/h6-9,13-14,21H,4-5,10-12H2,1-3H3,(H,24,26). The molecule has 1 aliphatic heterocycles. The van der Waals surface area contributed by atoms with Crippen molar-refractivity contribution in [2.75, 3.05) is 27.3 Å². The number of halogens is 1. The third-order valence-electron chi connectivity index (χ3n) is 5.13. The van der Waals surface area contributed by atoms with E-state index in [4.69, 9.17) is 9.47 Å². The molecule has 2 aromatic rings. The van der Waals surface area contributed by atoms with Crippen LogP contribution in [-0.2, 0) is 6.42 Å². The number of ether oxygens (including phenoxy) is 2. The van der Waals surface area contributed by atoms with Crippen molar-refractivity contribution in [3.8, 4) is 11.5 Å². The van der Waals surface area contributed by atoms with Crippen LogP contribution >= 0.6 is 0 Å². The Hall–Kier alpha value is -2.76. The van der Waals surface area contributed by atoms with E-state index in [1.54, 1.807) is 26.4 Å². The molecule has 0 radical (unpaired) electrons. The molecule has 150 valence electrons. The maximum atomic E-state index is 13.5. The molecule has 6 heteroatoms. The molecule has 0 saturated carbocycles. The van der Waals surface area contributed by atoms with Gasteiger partial charge >= 0.3 is 6.03 Å². The highest BCUT2D eigenvalue weighted by Crippen LogP contribution is 2.41. The molecule has 2 amide bonds. The van der Waals surface area contributed by atoms with E-state index in [9.17, 15) is 9.18 Å². The minimum absolute atomic E-state index is 0.108. The minimum Gasteiger partial charge on any atom is -0.493 e. The zero-order valence-corrected chi connectivity index (χ0v) is 16.6. The second-order valence-electron chi connectivity index (χ2n) is 6.89. The van der Waals surface area contributed by atoms with Crippen molar-refractivity contribution in [2.45, 2.75) is 32.2 Å². The minimum atomic E-state index is -0.314. The van der Waals surface area contributed by atoms with E-state index in [1.165, 1.54) is 12.1 Å². The predicted octanol–water partition coefficient (Wildman–Crippen LogP) is 4.30. The van der Waals surface area contributed by atoms with Gasteiger partial charge < -0.3 is 19.7 Å². The molecule has 1 aliphatic rings. The number of rotatable bonds is 6. The topological polar surface area (TPSA) is 50.8 Å². The summed E-state index contributed by atoms with van der Waals surface area (Å²) in [6.45, 7) is 3.30. The molecule has 28 heavy (non-hydrogen) atoms. The first kappa shape index (κ1) is 20.0. The first-order valence-corrected chi connectivity index (χ1v) is 9.63. The van der Waals surface area contributed by atoms with Gasteiger partial charge in [0.1, 0.15) is 5.82 Å². The van der Waals surface area contributed by atoms with Crippen molar-refractivity contribution in [3.63, 3.8) is 0 Å². The Balaban J connectivity index is 2.03. The molecule has 1 N–H and O–H groups in total. The van der Waals surface area contributed by atoms with Gasteiger partial charge in [-0.2, -0.15) is 0 Å². The van der Waals surface area contributed by atoms with Crippen molar-refractivity contribution >= 4 is 6.03 Å². The Bertz CT molecular complexity index is 823. The van der Waals surface area contributed by atoms with Crippen LogP contribution in [0.1, 0.15) is 42.5 Å². The molecule has 0 bridgehead atoms. The van der Waals surface area contributed by atoms with Crippen LogP contribution in [0.4, 0.5) is 9.18 Å². The predicted molar refractivity (Wildman–Crippen MR) is 107 cm³/mol. The average Bonchev–Trinajstić information content (AvgIpc) is 2.72. The van der Waals surface area contributed by atoms with Gasteiger partial charge in [-0.1, -0.05) is 25.5 Å². The summed E-state index contributed by atoms with van der Waals surface area (Å²) in [6.07, 6.45) is 2.67. The molecule has 1 unspecified atom stereocenters. The number of hydrogen-bond acceptors (Lipinski definition) is 3. The van der Waals surface area contributed by atoms with Gasteiger partial charge in [-0.3, -0.25) is 0 Å². The molecular formula is C22H27FN2O3. The first-order chi connectivity index (χ1) is 13.6. The highest BCUT2D eigenvalue weighted by molar-refractivity contribution is 5.76. The second-order valence-corrected chi connectivity index (χ2v) is 6.89. The molecule has 2 aromatic carbocycles. The maximum Gasteiger partial charge on any atom is 0.318 e. The van der Waals surface area contributed by atoms with E-state index < -0.39 is 0 Å². The lowest BCUT2D eigenvalue weighted by Crippen LogP contribution is -2.46. The Morgan fingerprint density at radius 1 is 1.18 bits per heavy atom. The number of carbonyl (C=O) groups is 1. The number of benzene rings is 2. The SMILES string of the molecule is CCCCNC(=O)N1CCc2cc(OC)c(OC)cc2C1c1ccc(F)cc1. The number of nitrogens with one attached hydrogen (secondary N) is 1.